The summed E-state index contributed by atoms with van der Waals surface area (Å²) < 4.78 is 45.5. The summed E-state index contributed by atoms with van der Waals surface area (Å²) in [6.45, 7) is -0.476. The Kier molecular flexibility index (Phi) is 5.59. The number of carbonyl (C=O) groups is 1. The summed E-state index contributed by atoms with van der Waals surface area (Å²) in [7, 11) is 0. The molecule has 0 aliphatic heterocycles. The van der Waals surface area contributed by atoms with Crippen molar-refractivity contribution in [3.8, 4) is 17.2 Å². The van der Waals surface area contributed by atoms with E-state index in [1.54, 1.807) is 30.3 Å². The maximum atomic E-state index is 12.2. The minimum absolute atomic E-state index is 0.0148. The molecular weight excluding hydrogens is 379 g/mol. The van der Waals surface area contributed by atoms with Crippen LogP contribution in [-0.4, -0.2) is 34.1 Å². The lowest BCUT2D eigenvalue weighted by molar-refractivity contribution is -0.274. The molecule has 0 saturated carbocycles. The Balaban J connectivity index is 1.72. The summed E-state index contributed by atoms with van der Waals surface area (Å²) in [4.78, 5) is 16.3. The molecule has 0 aliphatic carbocycles. The van der Waals surface area contributed by atoms with Gasteiger partial charge in [-0.15, -0.1) is 13.2 Å². The molecule has 1 atom stereocenters. The molecule has 3 rings (SSSR count). The Morgan fingerprint density at radius 3 is 2.43 bits per heavy atom. The van der Waals surface area contributed by atoms with Crippen LogP contribution >= 0.6 is 0 Å². The first-order valence-corrected chi connectivity index (χ1v) is 8.02. The van der Waals surface area contributed by atoms with Crippen molar-refractivity contribution in [2.45, 2.75) is 12.4 Å². The van der Waals surface area contributed by atoms with E-state index in [1.807, 2.05) is 0 Å². The second kappa shape index (κ2) is 8.09. The van der Waals surface area contributed by atoms with Gasteiger partial charge in [0.15, 0.2) is 5.82 Å². The number of carbonyl (C=O) groups excluding carboxylic acids is 1. The molecule has 3 aromatic rings. The molecule has 146 valence electrons. The zero-order valence-electron chi connectivity index (χ0n) is 14.2. The number of nitrogens with one attached hydrogen (secondary N) is 1. The summed E-state index contributed by atoms with van der Waals surface area (Å²) in [6, 6.07) is 12.3. The highest BCUT2D eigenvalue weighted by atomic mass is 19.4. The molecule has 7 nitrogen and oxygen atoms in total. The summed E-state index contributed by atoms with van der Waals surface area (Å²) in [5.41, 5.74) is 0.740. The van der Waals surface area contributed by atoms with E-state index in [2.05, 4.69) is 20.2 Å². The second-order valence-corrected chi connectivity index (χ2v) is 5.60. The standard InChI is InChI=1S/C18H14F3N3O4/c19-18(20,21)27-13-8-6-12(7-9-13)17-23-15(24-28-17)14(10-25)22-16(26)11-4-2-1-3-5-11/h1-9,14,25H,10H2,(H,22,26). The van der Waals surface area contributed by atoms with Crippen molar-refractivity contribution in [2.75, 3.05) is 6.61 Å². The van der Waals surface area contributed by atoms with Crippen molar-refractivity contribution >= 4 is 5.91 Å². The number of hydrogen-bond donors (Lipinski definition) is 2. The van der Waals surface area contributed by atoms with Crippen molar-refractivity contribution in [1.82, 2.24) is 15.5 Å². The molecule has 10 heteroatoms. The number of rotatable bonds is 6. The van der Waals surface area contributed by atoms with Crippen molar-refractivity contribution in [2.24, 2.45) is 0 Å². The number of amides is 1. The van der Waals surface area contributed by atoms with Crippen LogP contribution in [0.15, 0.2) is 59.1 Å². The van der Waals surface area contributed by atoms with E-state index in [0.29, 0.717) is 11.1 Å². The largest absolute Gasteiger partial charge is 0.573 e. The smallest absolute Gasteiger partial charge is 0.406 e. The third-order valence-electron chi connectivity index (χ3n) is 3.61. The van der Waals surface area contributed by atoms with Crippen LogP contribution in [0.3, 0.4) is 0 Å². The van der Waals surface area contributed by atoms with E-state index in [4.69, 9.17) is 4.52 Å². The SMILES string of the molecule is O=C(NC(CO)c1noc(-c2ccc(OC(F)(F)F)cc2)n1)c1ccccc1. The fourth-order valence-electron chi connectivity index (χ4n) is 2.32. The third kappa shape index (κ3) is 4.86. The van der Waals surface area contributed by atoms with Gasteiger partial charge in [0.25, 0.3) is 11.8 Å². The summed E-state index contributed by atoms with van der Waals surface area (Å²) in [5.74, 6) is -0.780. The predicted octanol–water partition coefficient (Wildman–Crippen LogP) is 3.10. The highest BCUT2D eigenvalue weighted by Crippen LogP contribution is 2.26. The van der Waals surface area contributed by atoms with E-state index in [1.165, 1.54) is 12.1 Å². The molecule has 1 heterocycles. The molecule has 0 aliphatic rings. The van der Waals surface area contributed by atoms with Crippen LogP contribution in [0.1, 0.15) is 22.2 Å². The molecule has 0 fully saturated rings. The molecule has 1 unspecified atom stereocenters. The van der Waals surface area contributed by atoms with Gasteiger partial charge < -0.3 is 19.7 Å². The molecule has 1 amide bonds. The summed E-state index contributed by atoms with van der Waals surface area (Å²) in [6.07, 6.45) is -4.79. The van der Waals surface area contributed by atoms with Gasteiger partial charge in [0.05, 0.1) is 6.61 Å². The molecule has 0 saturated heterocycles. The molecule has 0 spiro atoms. The van der Waals surface area contributed by atoms with Crippen molar-refractivity contribution in [1.29, 1.82) is 0 Å². The number of alkyl halides is 3. The molecule has 0 bridgehead atoms. The zero-order valence-corrected chi connectivity index (χ0v) is 14.2. The number of ether oxygens (including phenoxy) is 1. The fourth-order valence-corrected chi connectivity index (χ4v) is 2.32. The summed E-state index contributed by atoms with van der Waals surface area (Å²) in [5, 5.41) is 15.8. The number of aromatic nitrogens is 2. The van der Waals surface area contributed by atoms with E-state index in [0.717, 1.165) is 12.1 Å². The van der Waals surface area contributed by atoms with Gasteiger partial charge in [-0.2, -0.15) is 4.98 Å². The number of halogens is 3. The highest BCUT2D eigenvalue weighted by Gasteiger charge is 2.31. The minimum Gasteiger partial charge on any atom is -0.406 e. The van der Waals surface area contributed by atoms with Crippen LogP contribution in [-0.2, 0) is 0 Å². The lowest BCUT2D eigenvalue weighted by atomic mass is 10.2. The normalized spacial score (nSPS) is 12.4. The number of nitrogens with zero attached hydrogens (tertiary/aromatic N) is 2. The van der Waals surface area contributed by atoms with E-state index < -0.39 is 24.9 Å². The van der Waals surface area contributed by atoms with Crippen LogP contribution in [0, 0.1) is 0 Å². The number of benzene rings is 2. The average molecular weight is 393 g/mol. The van der Waals surface area contributed by atoms with Crippen LogP contribution in [0.4, 0.5) is 13.2 Å². The van der Waals surface area contributed by atoms with Gasteiger partial charge in [-0.1, -0.05) is 23.4 Å². The highest BCUT2D eigenvalue weighted by molar-refractivity contribution is 5.94. The van der Waals surface area contributed by atoms with Gasteiger partial charge in [-0.25, -0.2) is 0 Å². The van der Waals surface area contributed by atoms with E-state index in [9.17, 15) is 23.1 Å². The molecule has 0 radical (unpaired) electrons. The van der Waals surface area contributed by atoms with E-state index >= 15 is 0 Å². The van der Waals surface area contributed by atoms with Gasteiger partial charge in [-0.05, 0) is 36.4 Å². The Morgan fingerprint density at radius 1 is 1.14 bits per heavy atom. The van der Waals surface area contributed by atoms with Gasteiger partial charge in [-0.3, -0.25) is 4.79 Å². The topological polar surface area (TPSA) is 97.5 Å². The van der Waals surface area contributed by atoms with Crippen molar-refractivity contribution < 1.29 is 32.3 Å². The number of hydrogen-bond acceptors (Lipinski definition) is 6. The Bertz CT molecular complexity index is 927. The molecule has 1 aromatic heterocycles. The zero-order chi connectivity index (χ0) is 20.1. The fraction of sp³-hybridized carbons (Fsp3) is 0.167. The first-order valence-electron chi connectivity index (χ1n) is 8.02. The predicted molar refractivity (Wildman–Crippen MR) is 90.2 cm³/mol. The first kappa shape index (κ1) is 19.4. The first-order chi connectivity index (χ1) is 13.4. The lowest BCUT2D eigenvalue weighted by Gasteiger charge is -2.12. The van der Waals surface area contributed by atoms with Gasteiger partial charge in [0.1, 0.15) is 11.8 Å². The molecule has 2 N–H and O–H groups in total. The van der Waals surface area contributed by atoms with Crippen LogP contribution in [0.5, 0.6) is 5.75 Å². The van der Waals surface area contributed by atoms with Crippen molar-refractivity contribution in [3.05, 3.63) is 66.0 Å². The Morgan fingerprint density at radius 2 is 1.82 bits per heavy atom. The average Bonchev–Trinajstić information content (AvgIpc) is 3.16. The Hall–Kier alpha value is -3.40. The maximum absolute atomic E-state index is 12.2. The van der Waals surface area contributed by atoms with Gasteiger partial charge in [0, 0.05) is 11.1 Å². The monoisotopic (exact) mass is 393 g/mol. The van der Waals surface area contributed by atoms with Gasteiger partial charge >= 0.3 is 6.36 Å². The Labute approximate surface area is 156 Å². The minimum atomic E-state index is -4.79. The second-order valence-electron chi connectivity index (χ2n) is 5.60. The van der Waals surface area contributed by atoms with Crippen LogP contribution < -0.4 is 10.1 Å². The van der Waals surface area contributed by atoms with E-state index in [-0.39, 0.29) is 17.5 Å². The quantitative estimate of drug-likeness (QED) is 0.668. The van der Waals surface area contributed by atoms with Crippen LogP contribution in [0.25, 0.3) is 11.5 Å². The molecule has 28 heavy (non-hydrogen) atoms. The van der Waals surface area contributed by atoms with Gasteiger partial charge in [0.2, 0.25) is 0 Å². The maximum Gasteiger partial charge on any atom is 0.573 e. The molecule has 2 aromatic carbocycles. The number of aliphatic hydroxyl groups is 1. The number of aliphatic hydroxyl groups excluding tert-OH is 1. The summed E-state index contributed by atoms with van der Waals surface area (Å²) >= 11 is 0. The lowest BCUT2D eigenvalue weighted by Crippen LogP contribution is -2.31. The molecular formula is C18H14F3N3O4. The van der Waals surface area contributed by atoms with Crippen LogP contribution in [0.2, 0.25) is 0 Å². The van der Waals surface area contributed by atoms with Crippen molar-refractivity contribution in [3.63, 3.8) is 0 Å². The third-order valence-corrected chi connectivity index (χ3v) is 3.61.